The van der Waals surface area contributed by atoms with Gasteiger partial charge in [0, 0.05) is 13.1 Å². The molecule has 7 nitrogen and oxygen atoms in total. The zero-order chi connectivity index (χ0) is 22.9. The topological polar surface area (TPSA) is 82.1 Å². The Kier molecular flexibility index (Phi) is 6.55. The standard InChI is InChI=1S/C21H20ClF2NO6S/c22-16-9-13(10-19-20(16)30-8-7-29-19)12-31-21(26)14-3-5-25(6-4-14)32(27,28)15-1-2-17(23)18(24)11-15/h1-2,9-11,14H,3-8,12H2. The van der Waals surface area contributed by atoms with Crippen molar-refractivity contribution >= 4 is 27.6 Å². The summed E-state index contributed by atoms with van der Waals surface area (Å²) in [6, 6.07) is 5.79. The van der Waals surface area contributed by atoms with E-state index in [4.69, 9.17) is 25.8 Å². The van der Waals surface area contributed by atoms with Crippen molar-refractivity contribution in [3.05, 3.63) is 52.6 Å². The monoisotopic (exact) mass is 487 g/mol. The quantitative estimate of drug-likeness (QED) is 0.600. The molecule has 0 aliphatic carbocycles. The molecule has 0 aromatic heterocycles. The largest absolute Gasteiger partial charge is 0.486 e. The number of nitrogens with zero attached hydrogens (tertiary/aromatic N) is 1. The molecule has 0 unspecified atom stereocenters. The predicted octanol–water partition coefficient (Wildman–Crippen LogP) is 3.53. The van der Waals surface area contributed by atoms with Crippen LogP contribution in [0.2, 0.25) is 5.02 Å². The van der Waals surface area contributed by atoms with Gasteiger partial charge in [0.25, 0.3) is 0 Å². The first-order valence-corrected chi connectivity index (χ1v) is 11.8. The molecule has 4 rings (SSSR count). The van der Waals surface area contributed by atoms with E-state index in [1.54, 1.807) is 12.1 Å². The molecule has 2 aliphatic heterocycles. The van der Waals surface area contributed by atoms with Crippen molar-refractivity contribution in [2.24, 2.45) is 5.92 Å². The summed E-state index contributed by atoms with van der Waals surface area (Å²) in [6.07, 6.45) is 0.507. The Hall–Kier alpha value is -2.43. The van der Waals surface area contributed by atoms with Gasteiger partial charge in [-0.25, -0.2) is 17.2 Å². The van der Waals surface area contributed by atoms with Crippen LogP contribution in [0.3, 0.4) is 0 Å². The molecule has 0 spiro atoms. The summed E-state index contributed by atoms with van der Waals surface area (Å²) in [5, 5.41) is 0.365. The van der Waals surface area contributed by atoms with Crippen molar-refractivity contribution in [1.82, 2.24) is 4.31 Å². The van der Waals surface area contributed by atoms with E-state index >= 15 is 0 Å². The van der Waals surface area contributed by atoms with Gasteiger partial charge < -0.3 is 14.2 Å². The number of ether oxygens (including phenoxy) is 3. The Morgan fingerprint density at radius 3 is 2.53 bits per heavy atom. The Morgan fingerprint density at radius 1 is 1.09 bits per heavy atom. The summed E-state index contributed by atoms with van der Waals surface area (Å²) < 4.78 is 69.4. The van der Waals surface area contributed by atoms with E-state index < -0.39 is 33.5 Å². The highest BCUT2D eigenvalue weighted by Crippen LogP contribution is 2.38. The van der Waals surface area contributed by atoms with Crippen LogP contribution in [0.5, 0.6) is 11.5 Å². The molecule has 2 aromatic carbocycles. The van der Waals surface area contributed by atoms with Crippen molar-refractivity contribution in [3.8, 4) is 11.5 Å². The number of fused-ring (bicyclic) bond motifs is 1. The lowest BCUT2D eigenvalue weighted by Crippen LogP contribution is -2.40. The minimum atomic E-state index is -3.99. The number of halogens is 3. The number of hydrogen-bond donors (Lipinski definition) is 0. The third-order valence-electron chi connectivity index (χ3n) is 5.35. The second kappa shape index (κ2) is 9.21. The summed E-state index contributed by atoms with van der Waals surface area (Å²) in [5.74, 6) is -2.32. The zero-order valence-corrected chi connectivity index (χ0v) is 18.4. The van der Waals surface area contributed by atoms with E-state index in [1.807, 2.05) is 0 Å². The van der Waals surface area contributed by atoms with Crippen molar-refractivity contribution in [2.45, 2.75) is 24.3 Å². The fraction of sp³-hybridized carbons (Fsp3) is 0.381. The van der Waals surface area contributed by atoms with E-state index in [9.17, 15) is 22.0 Å². The molecule has 1 saturated heterocycles. The molecule has 0 N–H and O–H groups in total. The summed E-state index contributed by atoms with van der Waals surface area (Å²) in [7, 11) is -3.99. The van der Waals surface area contributed by atoms with Gasteiger partial charge in [-0.3, -0.25) is 4.79 Å². The smallest absolute Gasteiger partial charge is 0.309 e. The average Bonchev–Trinajstić information content (AvgIpc) is 2.79. The number of sulfonamides is 1. The number of carbonyl (C=O) groups excluding carboxylic acids is 1. The van der Waals surface area contributed by atoms with Crippen molar-refractivity contribution < 1.29 is 36.2 Å². The number of piperidine rings is 1. The number of hydrogen-bond acceptors (Lipinski definition) is 6. The summed E-state index contributed by atoms with van der Waals surface area (Å²) in [5.41, 5.74) is 0.644. The van der Waals surface area contributed by atoms with Gasteiger partial charge in [-0.1, -0.05) is 11.6 Å². The Labute approximate surface area is 188 Å². The van der Waals surface area contributed by atoms with Gasteiger partial charge in [-0.15, -0.1) is 0 Å². The summed E-state index contributed by atoms with van der Waals surface area (Å²) in [4.78, 5) is 12.2. The third-order valence-corrected chi connectivity index (χ3v) is 7.53. The van der Waals surface area contributed by atoms with Crippen LogP contribution in [-0.2, 0) is 26.2 Å². The molecule has 0 radical (unpaired) electrons. The van der Waals surface area contributed by atoms with Crippen LogP contribution in [0.4, 0.5) is 8.78 Å². The van der Waals surface area contributed by atoms with Crippen LogP contribution >= 0.6 is 11.6 Å². The van der Waals surface area contributed by atoms with Gasteiger partial charge >= 0.3 is 5.97 Å². The predicted molar refractivity (Wildman–Crippen MR) is 110 cm³/mol. The van der Waals surface area contributed by atoms with Crippen LogP contribution < -0.4 is 9.47 Å². The maximum Gasteiger partial charge on any atom is 0.309 e. The highest BCUT2D eigenvalue weighted by molar-refractivity contribution is 7.89. The SMILES string of the molecule is O=C(OCc1cc(Cl)c2c(c1)OCCO2)C1CCN(S(=O)(=O)c2ccc(F)c(F)c2)CC1. The second-order valence-corrected chi connectivity index (χ2v) is 9.81. The molecular formula is C21H20ClF2NO6S. The van der Waals surface area contributed by atoms with Gasteiger partial charge in [0.15, 0.2) is 23.1 Å². The first kappa shape index (κ1) is 22.8. The van der Waals surface area contributed by atoms with Crippen LogP contribution in [-0.4, -0.2) is 45.0 Å². The van der Waals surface area contributed by atoms with Gasteiger partial charge in [0.05, 0.1) is 15.8 Å². The van der Waals surface area contributed by atoms with E-state index in [-0.39, 0.29) is 37.4 Å². The Bertz CT molecular complexity index is 1140. The molecule has 2 aliphatic rings. The van der Waals surface area contributed by atoms with E-state index in [2.05, 4.69) is 0 Å². The maximum atomic E-state index is 13.4. The molecule has 32 heavy (non-hydrogen) atoms. The molecule has 0 atom stereocenters. The normalized spacial score (nSPS) is 17.2. The maximum absolute atomic E-state index is 13.4. The molecule has 11 heteroatoms. The molecule has 172 valence electrons. The number of rotatable bonds is 5. The molecule has 2 aromatic rings. The lowest BCUT2D eigenvalue weighted by atomic mass is 9.98. The van der Waals surface area contributed by atoms with E-state index in [0.717, 1.165) is 16.4 Å². The van der Waals surface area contributed by atoms with Crippen molar-refractivity contribution in [1.29, 1.82) is 0 Å². The first-order valence-electron chi connectivity index (χ1n) is 9.95. The Balaban J connectivity index is 1.34. The summed E-state index contributed by atoms with van der Waals surface area (Å²) >= 11 is 6.19. The zero-order valence-electron chi connectivity index (χ0n) is 16.9. The average molecular weight is 488 g/mol. The third kappa shape index (κ3) is 4.67. The highest BCUT2D eigenvalue weighted by atomic mass is 35.5. The number of benzene rings is 2. The van der Waals surface area contributed by atoms with Crippen LogP contribution in [0.15, 0.2) is 35.2 Å². The minimum absolute atomic E-state index is 0.0113. The molecule has 0 saturated carbocycles. The van der Waals surface area contributed by atoms with E-state index in [1.165, 1.54) is 0 Å². The fourth-order valence-corrected chi connectivity index (χ4v) is 5.41. The molecule has 2 heterocycles. The molecular weight excluding hydrogens is 468 g/mol. The number of carbonyl (C=O) groups is 1. The van der Waals surface area contributed by atoms with Gasteiger partial charge in [0.2, 0.25) is 10.0 Å². The van der Waals surface area contributed by atoms with Crippen LogP contribution in [0, 0.1) is 17.6 Å². The molecule has 0 amide bonds. The minimum Gasteiger partial charge on any atom is -0.486 e. The summed E-state index contributed by atoms with van der Waals surface area (Å²) in [6.45, 7) is 0.931. The first-order chi connectivity index (χ1) is 15.3. The van der Waals surface area contributed by atoms with Crippen LogP contribution in [0.1, 0.15) is 18.4 Å². The molecule has 0 bridgehead atoms. The molecule has 1 fully saturated rings. The fourth-order valence-electron chi connectivity index (χ4n) is 3.64. The van der Waals surface area contributed by atoms with E-state index in [0.29, 0.717) is 41.4 Å². The van der Waals surface area contributed by atoms with Gasteiger partial charge in [-0.2, -0.15) is 4.31 Å². The lowest BCUT2D eigenvalue weighted by Gasteiger charge is -2.30. The van der Waals surface area contributed by atoms with Gasteiger partial charge in [0.1, 0.15) is 19.8 Å². The van der Waals surface area contributed by atoms with Crippen molar-refractivity contribution in [2.75, 3.05) is 26.3 Å². The number of esters is 1. The second-order valence-electron chi connectivity index (χ2n) is 7.46. The highest BCUT2D eigenvalue weighted by Gasteiger charge is 2.33. The van der Waals surface area contributed by atoms with Gasteiger partial charge in [-0.05, 0) is 48.7 Å². The Morgan fingerprint density at radius 2 is 1.81 bits per heavy atom. The van der Waals surface area contributed by atoms with Crippen molar-refractivity contribution in [3.63, 3.8) is 0 Å². The lowest BCUT2D eigenvalue weighted by molar-refractivity contribution is -0.151. The van der Waals surface area contributed by atoms with Crippen LogP contribution in [0.25, 0.3) is 0 Å².